The number of methoxy groups -OCH3 is 1. The number of rotatable bonds is 4. The molecule has 0 radical (unpaired) electrons. The van der Waals surface area contributed by atoms with Crippen molar-refractivity contribution in [3.63, 3.8) is 0 Å². The zero-order valence-electron chi connectivity index (χ0n) is 9.53. The van der Waals surface area contributed by atoms with Crippen molar-refractivity contribution in [1.29, 1.82) is 0 Å². The molecule has 0 aliphatic rings. The van der Waals surface area contributed by atoms with Gasteiger partial charge in [-0.3, -0.25) is 0 Å². The second kappa shape index (κ2) is 4.88. The van der Waals surface area contributed by atoms with Crippen LogP contribution in [0.3, 0.4) is 0 Å². The van der Waals surface area contributed by atoms with Gasteiger partial charge < -0.3 is 20.2 Å². The molecule has 2 aromatic rings. The highest BCUT2D eigenvalue weighted by Gasteiger charge is 2.11. The summed E-state index contributed by atoms with van der Waals surface area (Å²) < 4.78 is 10.2. The third-order valence-electron chi connectivity index (χ3n) is 2.40. The molecule has 1 aromatic heterocycles. The molecule has 0 bridgehead atoms. The summed E-state index contributed by atoms with van der Waals surface area (Å²) in [5.41, 5.74) is 6.63. The SMILES string of the molecule is COC(=O)c1cc2c(OCCN)cccc2[nH]1. The molecule has 0 saturated carbocycles. The van der Waals surface area contributed by atoms with Crippen LogP contribution in [-0.2, 0) is 4.74 Å². The lowest BCUT2D eigenvalue weighted by atomic mass is 10.2. The highest BCUT2D eigenvalue weighted by atomic mass is 16.5. The van der Waals surface area contributed by atoms with Crippen LogP contribution >= 0.6 is 0 Å². The van der Waals surface area contributed by atoms with E-state index in [-0.39, 0.29) is 0 Å². The molecule has 0 aliphatic carbocycles. The van der Waals surface area contributed by atoms with Gasteiger partial charge in [-0.1, -0.05) is 6.07 Å². The van der Waals surface area contributed by atoms with E-state index in [0.717, 1.165) is 10.9 Å². The van der Waals surface area contributed by atoms with E-state index in [2.05, 4.69) is 9.72 Å². The maximum Gasteiger partial charge on any atom is 0.354 e. The van der Waals surface area contributed by atoms with Gasteiger partial charge in [0.15, 0.2) is 0 Å². The topological polar surface area (TPSA) is 77.3 Å². The Hall–Kier alpha value is -2.01. The Morgan fingerprint density at radius 2 is 2.29 bits per heavy atom. The maximum atomic E-state index is 11.4. The predicted octanol–water partition coefficient (Wildman–Crippen LogP) is 1.29. The van der Waals surface area contributed by atoms with Crippen LogP contribution in [0.1, 0.15) is 10.5 Å². The van der Waals surface area contributed by atoms with E-state index in [9.17, 15) is 4.79 Å². The minimum Gasteiger partial charge on any atom is -0.492 e. The highest BCUT2D eigenvalue weighted by Crippen LogP contribution is 2.26. The van der Waals surface area contributed by atoms with Gasteiger partial charge in [0, 0.05) is 17.4 Å². The van der Waals surface area contributed by atoms with E-state index in [4.69, 9.17) is 10.5 Å². The normalized spacial score (nSPS) is 10.5. The van der Waals surface area contributed by atoms with Crippen molar-refractivity contribution in [3.8, 4) is 5.75 Å². The minimum atomic E-state index is -0.397. The predicted molar refractivity (Wildman–Crippen MR) is 64.2 cm³/mol. The number of H-pyrrole nitrogens is 1. The van der Waals surface area contributed by atoms with E-state index in [1.807, 2.05) is 18.2 Å². The molecule has 3 N–H and O–H groups in total. The lowest BCUT2D eigenvalue weighted by Gasteiger charge is -2.04. The molecule has 0 saturated heterocycles. The number of carbonyl (C=O) groups excluding carboxylic acids is 1. The van der Waals surface area contributed by atoms with Crippen molar-refractivity contribution in [2.24, 2.45) is 5.73 Å². The number of nitrogens with two attached hydrogens (primary N) is 1. The average Bonchev–Trinajstić information content (AvgIpc) is 2.79. The fourth-order valence-electron chi connectivity index (χ4n) is 1.64. The second-order valence-corrected chi connectivity index (χ2v) is 3.53. The Bertz CT molecular complexity index is 534. The molecule has 0 aliphatic heterocycles. The standard InChI is InChI=1S/C12H14N2O3/c1-16-12(15)10-7-8-9(14-10)3-2-4-11(8)17-6-5-13/h2-4,7,14H,5-6,13H2,1H3. The first-order chi connectivity index (χ1) is 8.26. The fraction of sp³-hybridized carbons (Fsp3) is 0.250. The molecule has 5 heteroatoms. The number of benzene rings is 1. The van der Waals surface area contributed by atoms with Crippen LogP contribution in [0, 0.1) is 0 Å². The number of aromatic nitrogens is 1. The summed E-state index contributed by atoms with van der Waals surface area (Å²) in [5, 5.41) is 0.848. The number of hydrogen-bond donors (Lipinski definition) is 2. The van der Waals surface area contributed by atoms with Crippen LogP contribution < -0.4 is 10.5 Å². The Labute approximate surface area is 98.5 Å². The van der Waals surface area contributed by atoms with Crippen molar-refractivity contribution >= 4 is 16.9 Å². The van der Waals surface area contributed by atoms with Gasteiger partial charge in [0.1, 0.15) is 18.1 Å². The van der Waals surface area contributed by atoms with Crippen LogP contribution in [0.5, 0.6) is 5.75 Å². The summed E-state index contributed by atoms with van der Waals surface area (Å²) in [7, 11) is 1.35. The minimum absolute atomic E-state index is 0.397. The summed E-state index contributed by atoms with van der Waals surface area (Å²) in [6, 6.07) is 7.28. The number of carbonyl (C=O) groups is 1. The summed E-state index contributed by atoms with van der Waals surface area (Å²) >= 11 is 0. The lowest BCUT2D eigenvalue weighted by Crippen LogP contribution is -2.10. The molecule has 1 heterocycles. The van der Waals surface area contributed by atoms with Gasteiger partial charge >= 0.3 is 5.97 Å². The number of fused-ring (bicyclic) bond motifs is 1. The number of nitrogens with one attached hydrogen (secondary N) is 1. The molecule has 0 amide bonds. The van der Waals surface area contributed by atoms with Crippen molar-refractivity contribution in [3.05, 3.63) is 30.0 Å². The van der Waals surface area contributed by atoms with E-state index < -0.39 is 5.97 Å². The van der Waals surface area contributed by atoms with Crippen molar-refractivity contribution in [2.45, 2.75) is 0 Å². The molecule has 90 valence electrons. The molecular weight excluding hydrogens is 220 g/mol. The number of hydrogen-bond acceptors (Lipinski definition) is 4. The lowest BCUT2D eigenvalue weighted by molar-refractivity contribution is 0.0595. The summed E-state index contributed by atoms with van der Waals surface area (Å²) in [5.74, 6) is 0.310. The van der Waals surface area contributed by atoms with Crippen molar-refractivity contribution in [1.82, 2.24) is 4.98 Å². The van der Waals surface area contributed by atoms with E-state index >= 15 is 0 Å². The van der Waals surface area contributed by atoms with Crippen LogP contribution in [0.4, 0.5) is 0 Å². The smallest absolute Gasteiger partial charge is 0.354 e. The van der Waals surface area contributed by atoms with E-state index in [1.165, 1.54) is 7.11 Å². The quantitative estimate of drug-likeness (QED) is 0.781. The molecule has 17 heavy (non-hydrogen) atoms. The van der Waals surface area contributed by atoms with Crippen molar-refractivity contribution < 1.29 is 14.3 Å². The molecule has 1 aromatic carbocycles. The zero-order chi connectivity index (χ0) is 12.3. The van der Waals surface area contributed by atoms with Gasteiger partial charge in [-0.15, -0.1) is 0 Å². The van der Waals surface area contributed by atoms with Crippen LogP contribution in [-0.4, -0.2) is 31.2 Å². The van der Waals surface area contributed by atoms with Gasteiger partial charge in [0.05, 0.1) is 7.11 Å². The van der Waals surface area contributed by atoms with Crippen LogP contribution in [0.25, 0.3) is 10.9 Å². The zero-order valence-corrected chi connectivity index (χ0v) is 9.53. The number of esters is 1. The molecule has 0 atom stereocenters. The second-order valence-electron chi connectivity index (χ2n) is 3.53. The molecular formula is C12H14N2O3. The van der Waals surface area contributed by atoms with Crippen LogP contribution in [0.15, 0.2) is 24.3 Å². The van der Waals surface area contributed by atoms with Crippen LogP contribution in [0.2, 0.25) is 0 Å². The van der Waals surface area contributed by atoms with E-state index in [1.54, 1.807) is 6.07 Å². The largest absolute Gasteiger partial charge is 0.492 e. The fourth-order valence-corrected chi connectivity index (χ4v) is 1.64. The van der Waals surface area contributed by atoms with Gasteiger partial charge in [-0.05, 0) is 18.2 Å². The first kappa shape index (κ1) is 11.5. The third kappa shape index (κ3) is 2.24. The molecule has 0 fully saturated rings. The third-order valence-corrected chi connectivity index (χ3v) is 2.40. The molecule has 2 rings (SSSR count). The van der Waals surface area contributed by atoms with E-state index in [0.29, 0.717) is 24.6 Å². The number of ether oxygens (including phenoxy) is 2. The Balaban J connectivity index is 2.41. The summed E-state index contributed by atoms with van der Waals surface area (Å²) in [6.45, 7) is 0.891. The van der Waals surface area contributed by atoms with Gasteiger partial charge in [0.2, 0.25) is 0 Å². The summed E-state index contributed by atoms with van der Waals surface area (Å²) in [4.78, 5) is 14.4. The Morgan fingerprint density at radius 3 is 3.00 bits per heavy atom. The first-order valence-electron chi connectivity index (χ1n) is 5.29. The summed E-state index contributed by atoms with van der Waals surface area (Å²) in [6.07, 6.45) is 0. The molecule has 5 nitrogen and oxygen atoms in total. The van der Waals surface area contributed by atoms with Gasteiger partial charge in [-0.25, -0.2) is 4.79 Å². The van der Waals surface area contributed by atoms with Gasteiger partial charge in [-0.2, -0.15) is 0 Å². The van der Waals surface area contributed by atoms with Crippen molar-refractivity contribution in [2.75, 3.05) is 20.3 Å². The first-order valence-corrected chi connectivity index (χ1v) is 5.29. The van der Waals surface area contributed by atoms with Gasteiger partial charge in [0.25, 0.3) is 0 Å². The molecule has 0 unspecified atom stereocenters. The average molecular weight is 234 g/mol. The highest BCUT2D eigenvalue weighted by molar-refractivity contribution is 5.96. The Morgan fingerprint density at radius 1 is 1.47 bits per heavy atom. The maximum absolute atomic E-state index is 11.4. The monoisotopic (exact) mass is 234 g/mol. The number of aromatic amines is 1. The Kier molecular flexibility index (Phi) is 3.30. The molecule has 0 spiro atoms.